The number of likely N-dealkylation sites (tertiary alicyclic amines) is 1. The molecule has 0 radical (unpaired) electrons. The maximum Gasteiger partial charge on any atom is 0.317 e. The van der Waals surface area contributed by atoms with Crippen LogP contribution in [0, 0.1) is 0 Å². The molecule has 1 atom stereocenters. The monoisotopic (exact) mass is 418 g/mol. The van der Waals surface area contributed by atoms with E-state index in [1.807, 2.05) is 24.3 Å². The van der Waals surface area contributed by atoms with Crippen molar-refractivity contribution in [2.75, 3.05) is 20.1 Å². The summed E-state index contributed by atoms with van der Waals surface area (Å²) in [4.78, 5) is 31.9. The van der Waals surface area contributed by atoms with E-state index in [1.165, 1.54) is 0 Å². The summed E-state index contributed by atoms with van der Waals surface area (Å²) in [5.41, 5.74) is 0.695. The predicted molar refractivity (Wildman–Crippen MR) is 112 cm³/mol. The first-order valence-corrected chi connectivity index (χ1v) is 10.5. The van der Waals surface area contributed by atoms with Crippen LogP contribution in [-0.4, -0.2) is 63.6 Å². The van der Waals surface area contributed by atoms with Gasteiger partial charge in [0.25, 0.3) is 5.91 Å². The number of hydrogen-bond acceptors (Lipinski definition) is 3. The molecule has 1 aliphatic heterocycles. The summed E-state index contributed by atoms with van der Waals surface area (Å²) < 4.78 is 0. The summed E-state index contributed by atoms with van der Waals surface area (Å²) in [6.45, 7) is 1.49. The number of aromatic amines is 1. The van der Waals surface area contributed by atoms with Gasteiger partial charge in [0.1, 0.15) is 5.60 Å². The quantitative estimate of drug-likeness (QED) is 0.713. The number of carbonyl (C=O) groups is 2. The van der Waals surface area contributed by atoms with Crippen molar-refractivity contribution in [2.24, 2.45) is 0 Å². The van der Waals surface area contributed by atoms with Crippen LogP contribution < -0.4 is 5.32 Å². The molecule has 2 fully saturated rings. The Bertz CT molecular complexity index is 924. The van der Waals surface area contributed by atoms with Crippen molar-refractivity contribution in [1.82, 2.24) is 20.1 Å². The number of nitrogens with one attached hydrogen (secondary N) is 2. The number of urea groups is 1. The number of carbonyl (C=O) groups excluding carboxylic acids is 2. The van der Waals surface area contributed by atoms with Gasteiger partial charge in [0.2, 0.25) is 0 Å². The fourth-order valence-corrected chi connectivity index (χ4v) is 4.38. The second-order valence-corrected chi connectivity index (χ2v) is 8.66. The number of rotatable bonds is 4. The van der Waals surface area contributed by atoms with Gasteiger partial charge in [-0.15, -0.1) is 0 Å². The lowest BCUT2D eigenvalue weighted by atomic mass is 9.79. The van der Waals surface area contributed by atoms with Crippen LogP contribution >= 0.6 is 11.6 Å². The standard InChI is InChI=1S/C21H27ClN4O3/c1-25(17-4-2-9-26(13-17)19(27)21(29)7-3-8-21)20(28)23-12-16-11-14-10-15(22)5-6-18(14)24-16/h5-6,10-11,17,24,29H,2-4,7-9,12-13H2,1H3,(H,23,28)/t17-/m1/s1. The molecule has 2 aliphatic rings. The maximum absolute atomic E-state index is 12.7. The van der Waals surface area contributed by atoms with E-state index in [0.29, 0.717) is 37.5 Å². The number of hydrogen-bond donors (Lipinski definition) is 3. The molecule has 0 spiro atoms. The third kappa shape index (κ3) is 4.07. The Morgan fingerprint density at radius 1 is 1.34 bits per heavy atom. The highest BCUT2D eigenvalue weighted by Crippen LogP contribution is 2.34. The topological polar surface area (TPSA) is 88.7 Å². The Morgan fingerprint density at radius 2 is 2.14 bits per heavy atom. The van der Waals surface area contributed by atoms with Crippen molar-refractivity contribution < 1.29 is 14.7 Å². The molecule has 0 bridgehead atoms. The summed E-state index contributed by atoms with van der Waals surface area (Å²) in [6.07, 6.45) is 3.64. The minimum atomic E-state index is -1.18. The van der Waals surface area contributed by atoms with Crippen LogP contribution in [-0.2, 0) is 11.3 Å². The average Bonchev–Trinajstić information content (AvgIpc) is 3.11. The third-order valence-corrected chi connectivity index (χ3v) is 6.43. The average molecular weight is 419 g/mol. The number of aromatic nitrogens is 1. The summed E-state index contributed by atoms with van der Waals surface area (Å²) >= 11 is 6.02. The van der Waals surface area contributed by atoms with Crippen LogP contribution in [0.4, 0.5) is 4.79 Å². The summed E-state index contributed by atoms with van der Waals surface area (Å²) in [6, 6.07) is 7.36. The zero-order valence-electron chi connectivity index (χ0n) is 16.6. The summed E-state index contributed by atoms with van der Waals surface area (Å²) in [7, 11) is 1.76. The van der Waals surface area contributed by atoms with E-state index in [2.05, 4.69) is 10.3 Å². The summed E-state index contributed by atoms with van der Waals surface area (Å²) in [5, 5.41) is 15.0. The van der Waals surface area contributed by atoms with Gasteiger partial charge < -0.3 is 25.2 Å². The van der Waals surface area contributed by atoms with Gasteiger partial charge in [0, 0.05) is 41.8 Å². The molecule has 0 unspecified atom stereocenters. The number of aliphatic hydroxyl groups is 1. The molecule has 2 aromatic rings. The zero-order valence-corrected chi connectivity index (χ0v) is 17.3. The molecule has 8 heteroatoms. The third-order valence-electron chi connectivity index (χ3n) is 6.20. The van der Waals surface area contributed by atoms with Crippen LogP contribution in [0.1, 0.15) is 37.8 Å². The van der Waals surface area contributed by atoms with E-state index < -0.39 is 5.60 Å². The van der Waals surface area contributed by atoms with Gasteiger partial charge in [-0.2, -0.15) is 0 Å². The molecule has 7 nitrogen and oxygen atoms in total. The molecular formula is C21H27ClN4O3. The molecule has 1 saturated heterocycles. The van der Waals surface area contributed by atoms with Crippen molar-refractivity contribution in [3.8, 4) is 0 Å². The molecule has 156 valence electrons. The fraction of sp³-hybridized carbons (Fsp3) is 0.524. The van der Waals surface area contributed by atoms with E-state index in [4.69, 9.17) is 11.6 Å². The Labute approximate surface area is 175 Å². The Kier molecular flexibility index (Phi) is 5.44. The number of piperidine rings is 1. The number of benzene rings is 1. The number of H-pyrrole nitrogens is 1. The lowest BCUT2D eigenvalue weighted by Crippen LogP contribution is -2.58. The molecule has 1 aromatic carbocycles. The van der Waals surface area contributed by atoms with Gasteiger partial charge in [-0.1, -0.05) is 11.6 Å². The molecular weight excluding hydrogens is 392 g/mol. The minimum absolute atomic E-state index is 0.0575. The molecule has 4 rings (SSSR count). The molecule has 1 saturated carbocycles. The molecule has 1 aliphatic carbocycles. The smallest absolute Gasteiger partial charge is 0.317 e. The SMILES string of the molecule is CN(C(=O)NCc1cc2cc(Cl)ccc2[nH]1)[C@@H]1CCCN(C(=O)C2(O)CCC2)C1. The van der Waals surface area contributed by atoms with E-state index in [-0.39, 0.29) is 18.0 Å². The first kappa shape index (κ1) is 20.0. The van der Waals surface area contributed by atoms with Crippen molar-refractivity contribution in [3.63, 3.8) is 0 Å². The molecule has 3 N–H and O–H groups in total. The molecule has 3 amide bonds. The first-order valence-electron chi connectivity index (χ1n) is 10.2. The van der Waals surface area contributed by atoms with Gasteiger partial charge in [-0.3, -0.25) is 4.79 Å². The van der Waals surface area contributed by atoms with Gasteiger partial charge in [-0.25, -0.2) is 4.79 Å². The molecule has 1 aromatic heterocycles. The number of fused-ring (bicyclic) bond motifs is 1. The Hall–Kier alpha value is -2.25. The highest BCUT2D eigenvalue weighted by atomic mass is 35.5. The zero-order chi connectivity index (χ0) is 20.6. The number of halogens is 1. The Balaban J connectivity index is 1.33. The van der Waals surface area contributed by atoms with E-state index in [1.54, 1.807) is 16.8 Å². The highest BCUT2D eigenvalue weighted by molar-refractivity contribution is 6.31. The van der Waals surface area contributed by atoms with Crippen LogP contribution in [0.2, 0.25) is 5.02 Å². The number of likely N-dealkylation sites (N-methyl/N-ethyl adjacent to an activating group) is 1. The van der Waals surface area contributed by atoms with Gasteiger partial charge in [-0.05, 0) is 56.4 Å². The second kappa shape index (κ2) is 7.88. The first-order chi connectivity index (χ1) is 13.9. The van der Waals surface area contributed by atoms with Crippen LogP contribution in [0.5, 0.6) is 0 Å². The fourth-order valence-electron chi connectivity index (χ4n) is 4.20. The van der Waals surface area contributed by atoms with Crippen LogP contribution in [0.15, 0.2) is 24.3 Å². The lowest BCUT2D eigenvalue weighted by molar-refractivity contribution is -0.162. The van der Waals surface area contributed by atoms with Gasteiger partial charge >= 0.3 is 6.03 Å². The normalized spacial score (nSPS) is 20.9. The Morgan fingerprint density at radius 3 is 2.86 bits per heavy atom. The minimum Gasteiger partial charge on any atom is -0.380 e. The van der Waals surface area contributed by atoms with Crippen molar-refractivity contribution in [3.05, 3.63) is 35.0 Å². The maximum atomic E-state index is 12.7. The number of nitrogens with zero attached hydrogens (tertiary/aromatic N) is 2. The van der Waals surface area contributed by atoms with Crippen molar-refractivity contribution in [1.29, 1.82) is 0 Å². The highest BCUT2D eigenvalue weighted by Gasteiger charge is 2.45. The van der Waals surface area contributed by atoms with Gasteiger partial charge in [0.15, 0.2) is 0 Å². The van der Waals surface area contributed by atoms with Crippen LogP contribution in [0.3, 0.4) is 0 Å². The van der Waals surface area contributed by atoms with E-state index in [0.717, 1.165) is 35.9 Å². The largest absolute Gasteiger partial charge is 0.380 e. The summed E-state index contributed by atoms with van der Waals surface area (Å²) in [5.74, 6) is -0.181. The van der Waals surface area contributed by atoms with Crippen molar-refractivity contribution >= 4 is 34.4 Å². The van der Waals surface area contributed by atoms with Crippen molar-refractivity contribution in [2.45, 2.75) is 50.3 Å². The van der Waals surface area contributed by atoms with E-state index >= 15 is 0 Å². The number of amides is 3. The lowest BCUT2D eigenvalue weighted by Gasteiger charge is -2.43. The second-order valence-electron chi connectivity index (χ2n) is 8.23. The molecule has 29 heavy (non-hydrogen) atoms. The predicted octanol–water partition coefficient (Wildman–Crippen LogP) is 2.87. The van der Waals surface area contributed by atoms with Crippen LogP contribution in [0.25, 0.3) is 10.9 Å². The molecule has 2 heterocycles. The van der Waals surface area contributed by atoms with E-state index in [9.17, 15) is 14.7 Å². The van der Waals surface area contributed by atoms with Gasteiger partial charge in [0.05, 0.1) is 12.6 Å².